The Labute approximate surface area is 192 Å². The van der Waals surface area contributed by atoms with Gasteiger partial charge < -0.3 is 15.4 Å². The molecule has 2 aliphatic carbocycles. The summed E-state index contributed by atoms with van der Waals surface area (Å²) in [5.41, 5.74) is 0.517. The van der Waals surface area contributed by atoms with Crippen molar-refractivity contribution in [3.8, 4) is 0 Å². The summed E-state index contributed by atoms with van der Waals surface area (Å²) in [6, 6.07) is 9.57. The number of benzene rings is 1. The second kappa shape index (κ2) is 11.9. The van der Waals surface area contributed by atoms with Gasteiger partial charge in [-0.05, 0) is 51.0 Å². The first-order valence-corrected chi connectivity index (χ1v) is 12.6. The van der Waals surface area contributed by atoms with Crippen molar-refractivity contribution in [2.45, 2.75) is 89.3 Å². The quantitative estimate of drug-likeness (QED) is 0.501. The summed E-state index contributed by atoms with van der Waals surface area (Å²) in [5, 5.41) is 6.33. The van der Waals surface area contributed by atoms with E-state index in [1.807, 2.05) is 37.3 Å². The van der Waals surface area contributed by atoms with Crippen molar-refractivity contribution in [3.63, 3.8) is 0 Å². The van der Waals surface area contributed by atoms with Crippen LogP contribution in [0, 0.1) is 5.41 Å². The highest BCUT2D eigenvalue weighted by Gasteiger charge is 2.42. The van der Waals surface area contributed by atoms with E-state index in [9.17, 15) is 9.59 Å². The molecule has 2 fully saturated rings. The van der Waals surface area contributed by atoms with Crippen molar-refractivity contribution in [1.29, 1.82) is 0 Å². The molecule has 0 radical (unpaired) electrons. The minimum atomic E-state index is -0.571. The molecule has 0 aliphatic heterocycles. The standard InChI is InChI=1S/C25H38N2O3S/c1-2-30-21-13-15-25(18-31,16-14-21)24(29)27-22(17-19-9-5-3-6-10-19)23(28)26-20-11-7-4-8-12-20/h3,5-6,9-10,20-22,31H,2,4,7-8,11-18H2,1H3,(H,26,28)(H,27,29)/t21-,22-,25+/m0/s1. The zero-order valence-electron chi connectivity index (χ0n) is 18.8. The lowest BCUT2D eigenvalue weighted by molar-refractivity contribution is -0.137. The third-order valence-electron chi connectivity index (χ3n) is 6.93. The molecular weight excluding hydrogens is 408 g/mol. The third kappa shape index (κ3) is 6.72. The zero-order chi connectivity index (χ0) is 22.1. The zero-order valence-corrected chi connectivity index (χ0v) is 19.7. The lowest BCUT2D eigenvalue weighted by Crippen LogP contribution is -2.55. The first-order chi connectivity index (χ1) is 15.1. The van der Waals surface area contributed by atoms with Gasteiger partial charge in [-0.2, -0.15) is 12.6 Å². The highest BCUT2D eigenvalue weighted by Crippen LogP contribution is 2.39. The van der Waals surface area contributed by atoms with Gasteiger partial charge in [-0.15, -0.1) is 0 Å². The molecule has 6 heteroatoms. The van der Waals surface area contributed by atoms with E-state index in [0.717, 1.165) is 56.9 Å². The van der Waals surface area contributed by atoms with Gasteiger partial charge in [-0.3, -0.25) is 9.59 Å². The molecule has 5 nitrogen and oxygen atoms in total. The van der Waals surface area contributed by atoms with Gasteiger partial charge in [-0.1, -0.05) is 49.6 Å². The normalized spacial score (nSPS) is 25.5. The summed E-state index contributed by atoms with van der Waals surface area (Å²) in [6.07, 6.45) is 9.53. The number of carbonyl (C=O) groups excluding carboxylic acids is 2. The van der Waals surface area contributed by atoms with Gasteiger partial charge in [-0.25, -0.2) is 0 Å². The molecule has 2 amide bonds. The highest BCUT2D eigenvalue weighted by atomic mass is 32.1. The lowest BCUT2D eigenvalue weighted by Gasteiger charge is -2.38. The van der Waals surface area contributed by atoms with Gasteiger partial charge in [0, 0.05) is 24.8 Å². The second-order valence-electron chi connectivity index (χ2n) is 9.15. The van der Waals surface area contributed by atoms with Gasteiger partial charge in [0.05, 0.1) is 11.5 Å². The summed E-state index contributed by atoms with van der Waals surface area (Å²) in [4.78, 5) is 26.6. The first-order valence-electron chi connectivity index (χ1n) is 11.9. The summed E-state index contributed by atoms with van der Waals surface area (Å²) in [6.45, 7) is 2.71. The SMILES string of the molecule is CCO[C@H]1CC[C@@](CS)(C(=O)N[C@@H](Cc2ccccc2)C(=O)NC2CCCCC2)CC1. The van der Waals surface area contributed by atoms with E-state index in [0.29, 0.717) is 18.8 Å². The van der Waals surface area contributed by atoms with Crippen LogP contribution in [-0.4, -0.2) is 42.4 Å². The Balaban J connectivity index is 1.68. The summed E-state index contributed by atoms with van der Waals surface area (Å²) in [7, 11) is 0. The van der Waals surface area contributed by atoms with E-state index in [4.69, 9.17) is 4.74 Å². The van der Waals surface area contributed by atoms with Crippen molar-refractivity contribution in [1.82, 2.24) is 10.6 Å². The molecule has 0 unspecified atom stereocenters. The number of thiol groups is 1. The number of hydrogen-bond donors (Lipinski definition) is 3. The van der Waals surface area contributed by atoms with Crippen LogP contribution >= 0.6 is 12.6 Å². The molecule has 31 heavy (non-hydrogen) atoms. The maximum Gasteiger partial charge on any atom is 0.243 e. The molecule has 2 N–H and O–H groups in total. The number of hydrogen-bond acceptors (Lipinski definition) is 4. The molecular formula is C25H38N2O3S. The smallest absolute Gasteiger partial charge is 0.243 e. The Morgan fingerprint density at radius 2 is 1.77 bits per heavy atom. The van der Waals surface area contributed by atoms with Gasteiger partial charge in [0.2, 0.25) is 11.8 Å². The van der Waals surface area contributed by atoms with Crippen LogP contribution in [0.25, 0.3) is 0 Å². The Bertz CT molecular complexity index is 698. The van der Waals surface area contributed by atoms with Gasteiger partial charge in [0.25, 0.3) is 0 Å². The van der Waals surface area contributed by atoms with E-state index >= 15 is 0 Å². The molecule has 1 aromatic carbocycles. The number of rotatable bonds is 9. The third-order valence-corrected chi connectivity index (χ3v) is 7.54. The van der Waals surface area contributed by atoms with Gasteiger partial charge >= 0.3 is 0 Å². The molecule has 172 valence electrons. The molecule has 0 bridgehead atoms. The summed E-state index contributed by atoms with van der Waals surface area (Å²) >= 11 is 4.55. The first kappa shape index (κ1) is 24.1. The minimum absolute atomic E-state index is 0.0443. The van der Waals surface area contributed by atoms with Gasteiger partial charge in [0.15, 0.2) is 0 Å². The van der Waals surface area contributed by atoms with Crippen LogP contribution in [0.3, 0.4) is 0 Å². The molecule has 0 heterocycles. The molecule has 2 saturated carbocycles. The second-order valence-corrected chi connectivity index (χ2v) is 9.47. The monoisotopic (exact) mass is 446 g/mol. The molecule has 1 aromatic rings. The topological polar surface area (TPSA) is 67.4 Å². The van der Waals surface area contributed by atoms with Crippen LogP contribution < -0.4 is 10.6 Å². The fourth-order valence-electron chi connectivity index (χ4n) is 4.92. The Morgan fingerprint density at radius 3 is 2.39 bits per heavy atom. The number of nitrogens with one attached hydrogen (secondary N) is 2. The maximum atomic E-state index is 13.4. The molecule has 0 spiro atoms. The molecule has 3 rings (SSSR count). The Hall–Kier alpha value is -1.53. The fraction of sp³-hybridized carbons (Fsp3) is 0.680. The molecule has 2 aliphatic rings. The Kier molecular flexibility index (Phi) is 9.27. The van der Waals surface area contributed by atoms with E-state index in [2.05, 4.69) is 23.3 Å². The molecule has 0 saturated heterocycles. The van der Waals surface area contributed by atoms with Crippen molar-refractivity contribution < 1.29 is 14.3 Å². The van der Waals surface area contributed by atoms with E-state index < -0.39 is 11.5 Å². The van der Waals surface area contributed by atoms with Crippen molar-refractivity contribution >= 4 is 24.4 Å². The highest BCUT2D eigenvalue weighted by molar-refractivity contribution is 7.80. The largest absolute Gasteiger partial charge is 0.379 e. The average Bonchev–Trinajstić information content (AvgIpc) is 2.81. The van der Waals surface area contributed by atoms with Crippen molar-refractivity contribution in [3.05, 3.63) is 35.9 Å². The van der Waals surface area contributed by atoms with Gasteiger partial charge in [0.1, 0.15) is 6.04 Å². The minimum Gasteiger partial charge on any atom is -0.379 e. The predicted octanol–water partition coefficient (Wildman–Crippen LogP) is 4.06. The lowest BCUT2D eigenvalue weighted by atomic mass is 9.73. The van der Waals surface area contributed by atoms with Crippen LogP contribution in [0.1, 0.15) is 70.3 Å². The summed E-state index contributed by atoms with van der Waals surface area (Å²) in [5.74, 6) is 0.374. The fourth-order valence-corrected chi connectivity index (χ4v) is 5.38. The van der Waals surface area contributed by atoms with Crippen LogP contribution in [0.5, 0.6) is 0 Å². The number of amides is 2. The van der Waals surface area contributed by atoms with Crippen LogP contribution in [-0.2, 0) is 20.7 Å². The average molecular weight is 447 g/mol. The van der Waals surface area contributed by atoms with Crippen molar-refractivity contribution in [2.75, 3.05) is 12.4 Å². The maximum absolute atomic E-state index is 13.4. The Morgan fingerprint density at radius 1 is 1.10 bits per heavy atom. The van der Waals surface area contributed by atoms with E-state index in [-0.39, 0.29) is 24.0 Å². The van der Waals surface area contributed by atoms with Crippen LogP contribution in [0.15, 0.2) is 30.3 Å². The van der Waals surface area contributed by atoms with E-state index in [1.54, 1.807) is 0 Å². The number of ether oxygens (including phenoxy) is 1. The summed E-state index contributed by atoms with van der Waals surface area (Å²) < 4.78 is 5.76. The van der Waals surface area contributed by atoms with E-state index in [1.165, 1.54) is 6.42 Å². The van der Waals surface area contributed by atoms with Crippen LogP contribution in [0.2, 0.25) is 0 Å². The predicted molar refractivity (Wildman–Crippen MR) is 127 cm³/mol. The van der Waals surface area contributed by atoms with Crippen LogP contribution in [0.4, 0.5) is 0 Å². The van der Waals surface area contributed by atoms with Crippen molar-refractivity contribution in [2.24, 2.45) is 5.41 Å². The molecule has 1 atom stereocenters. The molecule has 0 aromatic heterocycles. The number of carbonyl (C=O) groups is 2.